The second kappa shape index (κ2) is 8.80. The van der Waals surface area contributed by atoms with Gasteiger partial charge in [0.05, 0.1) is 7.11 Å². The highest BCUT2D eigenvalue weighted by molar-refractivity contribution is 7.87. The van der Waals surface area contributed by atoms with Gasteiger partial charge in [0.1, 0.15) is 5.78 Å². The topological polar surface area (TPSA) is 60.4 Å². The van der Waals surface area contributed by atoms with E-state index < -0.39 is 15.6 Å². The monoisotopic (exact) mass is 380 g/mol. The van der Waals surface area contributed by atoms with Crippen LogP contribution in [0.25, 0.3) is 0 Å². The number of hydrogen-bond acceptors (Lipinski definition) is 4. The standard InChI is InChI=1S/C13H14O.C2H3F3O3S.C2H6/c14-13-11-5-6-12(13)8-10-4-2-1-3-9(10)7-11;1-8-9(6,7)2(3,4)5;1-2/h1-4,11-12H,5-8H2;1H3;1-2H3/t11-,12+;;. The van der Waals surface area contributed by atoms with Crippen LogP contribution in [0.15, 0.2) is 24.3 Å². The number of alkyl halides is 3. The Morgan fingerprint density at radius 2 is 1.40 bits per heavy atom. The highest BCUT2D eigenvalue weighted by Crippen LogP contribution is 2.36. The number of benzene rings is 1. The maximum atomic E-state index is 11.9. The molecule has 142 valence electrons. The van der Waals surface area contributed by atoms with Crippen LogP contribution in [0, 0.1) is 11.8 Å². The van der Waals surface area contributed by atoms with Crippen LogP contribution >= 0.6 is 0 Å². The van der Waals surface area contributed by atoms with Gasteiger partial charge in [-0.05, 0) is 36.8 Å². The van der Waals surface area contributed by atoms with Crippen molar-refractivity contribution in [2.45, 2.75) is 45.0 Å². The van der Waals surface area contributed by atoms with Crippen molar-refractivity contribution in [2.24, 2.45) is 11.8 Å². The van der Waals surface area contributed by atoms with Crippen molar-refractivity contribution in [3.8, 4) is 0 Å². The Kier molecular flexibility index (Phi) is 7.62. The van der Waals surface area contributed by atoms with Crippen molar-refractivity contribution in [3.05, 3.63) is 35.4 Å². The Labute approximate surface area is 146 Å². The van der Waals surface area contributed by atoms with Gasteiger partial charge in [-0.2, -0.15) is 21.6 Å². The van der Waals surface area contributed by atoms with Crippen LogP contribution in [-0.4, -0.2) is 26.8 Å². The van der Waals surface area contributed by atoms with Gasteiger partial charge in [0.25, 0.3) is 0 Å². The van der Waals surface area contributed by atoms with Gasteiger partial charge in [-0.15, -0.1) is 0 Å². The molecule has 8 heteroatoms. The molecular formula is C17H23F3O4S. The summed E-state index contributed by atoms with van der Waals surface area (Å²) >= 11 is 0. The molecule has 1 aromatic rings. The van der Waals surface area contributed by atoms with Crippen LogP contribution < -0.4 is 0 Å². The first-order chi connectivity index (χ1) is 11.7. The smallest absolute Gasteiger partial charge is 0.299 e. The number of rotatable bonds is 1. The molecule has 2 bridgehead atoms. The summed E-state index contributed by atoms with van der Waals surface area (Å²) < 4.78 is 55.9. The highest BCUT2D eigenvalue weighted by atomic mass is 32.2. The molecule has 0 saturated heterocycles. The van der Waals surface area contributed by atoms with Crippen LogP contribution in [0.5, 0.6) is 0 Å². The Morgan fingerprint density at radius 1 is 1.00 bits per heavy atom. The van der Waals surface area contributed by atoms with Crippen LogP contribution in [0.2, 0.25) is 0 Å². The number of ketones is 1. The van der Waals surface area contributed by atoms with E-state index in [-0.39, 0.29) is 0 Å². The summed E-state index contributed by atoms with van der Waals surface area (Å²) in [6.45, 7) is 4.00. The van der Waals surface area contributed by atoms with Gasteiger partial charge < -0.3 is 0 Å². The normalized spacial score (nSPS) is 21.9. The number of carbonyl (C=O) groups is 1. The van der Waals surface area contributed by atoms with Crippen LogP contribution in [0.4, 0.5) is 13.2 Å². The van der Waals surface area contributed by atoms with Gasteiger partial charge in [-0.1, -0.05) is 38.1 Å². The van der Waals surface area contributed by atoms with Gasteiger partial charge in [0.2, 0.25) is 0 Å². The first kappa shape index (κ1) is 21.6. The molecule has 1 saturated carbocycles. The minimum absolute atomic E-state index is 0.337. The predicted octanol–water partition coefficient (Wildman–Crippen LogP) is 3.89. The van der Waals surface area contributed by atoms with Crippen molar-refractivity contribution in [1.82, 2.24) is 0 Å². The fraction of sp³-hybridized carbons (Fsp3) is 0.588. The Hall–Kier alpha value is -1.41. The average Bonchev–Trinajstić information content (AvgIpc) is 2.82. The third-order valence-electron chi connectivity index (χ3n) is 4.22. The summed E-state index contributed by atoms with van der Waals surface area (Å²) in [4.78, 5) is 11.9. The molecule has 2 aliphatic carbocycles. The van der Waals surface area contributed by atoms with Crippen LogP contribution in [0.3, 0.4) is 0 Å². The van der Waals surface area contributed by atoms with Crippen LogP contribution in [-0.2, 0) is 31.9 Å². The summed E-state index contributed by atoms with van der Waals surface area (Å²) in [7, 11) is -4.89. The lowest BCUT2D eigenvalue weighted by molar-refractivity contribution is -0.123. The molecule has 0 aliphatic heterocycles. The SMILES string of the molecule is CC.COS(=O)(=O)C(F)(F)F.O=C1[C@@H]2CC[C@H]1Cc1ccccc1C2. The van der Waals surface area contributed by atoms with E-state index >= 15 is 0 Å². The minimum atomic E-state index is -5.34. The first-order valence-corrected chi connectivity index (χ1v) is 9.54. The molecule has 0 aromatic heterocycles. The first-order valence-electron chi connectivity index (χ1n) is 8.13. The Bertz CT molecular complexity index is 648. The lowest BCUT2D eigenvalue weighted by Gasteiger charge is -2.10. The molecule has 0 amide bonds. The molecule has 0 N–H and O–H groups in total. The molecule has 25 heavy (non-hydrogen) atoms. The summed E-state index contributed by atoms with van der Waals surface area (Å²) in [5, 5.41) is 0. The summed E-state index contributed by atoms with van der Waals surface area (Å²) in [6, 6.07) is 8.54. The number of hydrogen-bond donors (Lipinski definition) is 0. The van der Waals surface area contributed by atoms with E-state index in [0.29, 0.717) is 24.7 Å². The molecule has 0 spiro atoms. The largest absolute Gasteiger partial charge is 0.523 e. The zero-order valence-electron chi connectivity index (χ0n) is 14.5. The van der Waals surface area contributed by atoms with E-state index in [1.165, 1.54) is 11.1 Å². The maximum absolute atomic E-state index is 11.9. The molecule has 1 fully saturated rings. The summed E-state index contributed by atoms with van der Waals surface area (Å²) in [5.74, 6) is 1.20. The Balaban J connectivity index is 0.000000250. The molecule has 2 atom stereocenters. The molecular weight excluding hydrogens is 357 g/mol. The maximum Gasteiger partial charge on any atom is 0.523 e. The van der Waals surface area contributed by atoms with Crippen molar-refractivity contribution in [3.63, 3.8) is 0 Å². The average molecular weight is 380 g/mol. The summed E-state index contributed by atoms with van der Waals surface area (Å²) in [6.07, 6.45) is 4.23. The molecule has 0 radical (unpaired) electrons. The van der Waals surface area contributed by atoms with Crippen molar-refractivity contribution in [1.29, 1.82) is 0 Å². The number of halogens is 3. The highest BCUT2D eigenvalue weighted by Gasteiger charge is 2.46. The third kappa shape index (κ3) is 5.28. The van der Waals surface area contributed by atoms with Gasteiger partial charge in [-0.3, -0.25) is 8.98 Å². The van der Waals surface area contributed by atoms with E-state index in [1.54, 1.807) is 0 Å². The van der Waals surface area contributed by atoms with Gasteiger partial charge in [-0.25, -0.2) is 0 Å². The number of carbonyl (C=O) groups excluding carboxylic acids is 1. The molecule has 2 aliphatic rings. The van der Waals surface area contributed by atoms with Gasteiger partial charge in [0.15, 0.2) is 0 Å². The predicted molar refractivity (Wildman–Crippen MR) is 88.4 cm³/mol. The zero-order valence-corrected chi connectivity index (χ0v) is 15.3. The van der Waals surface area contributed by atoms with E-state index in [0.717, 1.165) is 25.7 Å². The molecule has 0 unspecified atom stereocenters. The zero-order chi connectivity index (χ0) is 19.3. The fourth-order valence-electron chi connectivity index (χ4n) is 3.01. The van der Waals surface area contributed by atoms with Crippen molar-refractivity contribution < 1.29 is 30.6 Å². The second-order valence-corrected chi connectivity index (χ2v) is 7.32. The Morgan fingerprint density at radius 3 is 1.68 bits per heavy atom. The summed E-state index contributed by atoms with van der Waals surface area (Å²) in [5.41, 5.74) is -2.48. The molecule has 0 heterocycles. The van der Waals surface area contributed by atoms with Crippen molar-refractivity contribution in [2.75, 3.05) is 7.11 Å². The lowest BCUT2D eigenvalue weighted by atomic mass is 9.94. The van der Waals surface area contributed by atoms with E-state index in [9.17, 15) is 26.4 Å². The minimum Gasteiger partial charge on any atom is -0.299 e. The third-order valence-corrected chi connectivity index (χ3v) is 5.23. The molecule has 4 nitrogen and oxygen atoms in total. The van der Waals surface area contributed by atoms with E-state index in [4.69, 9.17) is 0 Å². The lowest BCUT2D eigenvalue weighted by Crippen LogP contribution is -2.23. The molecule has 1 aromatic carbocycles. The fourth-order valence-corrected chi connectivity index (χ4v) is 3.20. The van der Waals surface area contributed by atoms with E-state index in [1.807, 2.05) is 13.8 Å². The van der Waals surface area contributed by atoms with E-state index in [2.05, 4.69) is 28.4 Å². The number of fused-ring (bicyclic) bond motifs is 3. The van der Waals surface area contributed by atoms with Crippen LogP contribution in [0.1, 0.15) is 37.8 Å². The molecule has 3 rings (SSSR count). The van der Waals surface area contributed by atoms with Crippen molar-refractivity contribution >= 4 is 15.9 Å². The second-order valence-electron chi connectivity index (χ2n) is 5.62. The van der Waals surface area contributed by atoms with Gasteiger partial charge in [0, 0.05) is 11.8 Å². The quantitative estimate of drug-likeness (QED) is 0.548. The van der Waals surface area contributed by atoms with Gasteiger partial charge >= 0.3 is 15.6 Å². The number of Topliss-reactive ketones (excluding diaryl/α,β-unsaturated/α-hetero) is 1.